The summed E-state index contributed by atoms with van der Waals surface area (Å²) in [7, 11) is 1.48. The van der Waals surface area contributed by atoms with Crippen LogP contribution in [0.5, 0.6) is 23.1 Å². The predicted molar refractivity (Wildman–Crippen MR) is 132 cm³/mol. The number of fused-ring (bicyclic) bond motifs is 6. The van der Waals surface area contributed by atoms with Gasteiger partial charge in [-0.05, 0) is 48.0 Å². The van der Waals surface area contributed by atoms with Crippen LogP contribution in [0.1, 0.15) is 22.6 Å². The molecule has 1 aliphatic rings. The van der Waals surface area contributed by atoms with Gasteiger partial charge in [0.05, 0.1) is 29.5 Å². The molecule has 1 atom stereocenters. The van der Waals surface area contributed by atoms with E-state index in [4.69, 9.17) is 18.9 Å². The highest BCUT2D eigenvalue weighted by Gasteiger charge is 2.37. The second kappa shape index (κ2) is 7.89. The first-order valence-corrected chi connectivity index (χ1v) is 11.4. The van der Waals surface area contributed by atoms with Crippen LogP contribution in [-0.4, -0.2) is 36.8 Å². The second-order valence-corrected chi connectivity index (χ2v) is 8.50. The molecule has 0 bridgehead atoms. The van der Waals surface area contributed by atoms with Crippen LogP contribution in [0.2, 0.25) is 0 Å². The smallest absolute Gasteiger partial charge is 0.344 e. The fourth-order valence-electron chi connectivity index (χ4n) is 4.77. The van der Waals surface area contributed by atoms with Gasteiger partial charge in [0.25, 0.3) is 0 Å². The molecule has 7 rings (SSSR count). The first-order valence-electron chi connectivity index (χ1n) is 11.4. The van der Waals surface area contributed by atoms with Gasteiger partial charge in [0, 0.05) is 18.0 Å². The summed E-state index contributed by atoms with van der Waals surface area (Å²) in [6.45, 7) is 0. The maximum absolute atomic E-state index is 13.4. The number of nitrogens with zero attached hydrogens (tertiary/aromatic N) is 5. The van der Waals surface area contributed by atoms with E-state index in [1.54, 1.807) is 36.7 Å². The van der Waals surface area contributed by atoms with Gasteiger partial charge >= 0.3 is 5.63 Å². The van der Waals surface area contributed by atoms with E-state index in [1.165, 1.54) is 24.0 Å². The van der Waals surface area contributed by atoms with Crippen LogP contribution in [0.15, 0.2) is 82.5 Å². The SMILES string of the molecule is COc1ccc(-c2nc3c4c(ncn3n2)Oc2c(c(=O)oc3ccccc23)C4c2ccncc2)cc1O. The maximum Gasteiger partial charge on any atom is 0.344 e. The Bertz CT molecular complexity index is 1900. The number of aromatic hydroxyl groups is 1. The number of rotatable bonds is 3. The fourth-order valence-corrected chi connectivity index (χ4v) is 4.77. The molecule has 1 unspecified atom stereocenters. The van der Waals surface area contributed by atoms with Crippen molar-refractivity contribution in [2.75, 3.05) is 7.11 Å². The van der Waals surface area contributed by atoms with Crippen molar-refractivity contribution in [3.63, 3.8) is 0 Å². The Morgan fingerprint density at radius 2 is 1.89 bits per heavy atom. The van der Waals surface area contributed by atoms with E-state index < -0.39 is 11.5 Å². The Morgan fingerprint density at radius 3 is 2.70 bits per heavy atom. The Labute approximate surface area is 208 Å². The normalized spacial score (nSPS) is 14.2. The third-order valence-corrected chi connectivity index (χ3v) is 6.44. The van der Waals surface area contributed by atoms with Crippen molar-refractivity contribution >= 4 is 16.6 Å². The fraction of sp³-hybridized carbons (Fsp3) is 0.0741. The standard InChI is InChI=1S/C27H17N5O5/c1-35-19-7-6-15(12-17(19)33)24-30-25-22-20(14-8-10-28-11-9-14)21-23(37-26(22)29-13-32(25)31-24)16-4-2-3-5-18(16)36-27(21)34/h2-13,20,33H,1H3. The predicted octanol–water partition coefficient (Wildman–Crippen LogP) is 4.29. The highest BCUT2D eigenvalue weighted by Crippen LogP contribution is 2.48. The topological polar surface area (TPSA) is 125 Å². The molecule has 0 saturated carbocycles. The summed E-state index contributed by atoms with van der Waals surface area (Å²) in [5.74, 6) is 0.786. The average molecular weight is 491 g/mol. The van der Waals surface area contributed by atoms with Crippen molar-refractivity contribution in [3.8, 4) is 34.5 Å². The van der Waals surface area contributed by atoms with Gasteiger partial charge < -0.3 is 19.0 Å². The van der Waals surface area contributed by atoms with Crippen molar-refractivity contribution in [2.45, 2.75) is 5.92 Å². The van der Waals surface area contributed by atoms with Crippen LogP contribution in [0.4, 0.5) is 0 Å². The molecule has 6 aromatic rings. The average Bonchev–Trinajstić information content (AvgIpc) is 3.37. The molecule has 0 saturated heterocycles. The lowest BCUT2D eigenvalue weighted by Gasteiger charge is -2.27. The Kier molecular flexibility index (Phi) is 4.49. The van der Waals surface area contributed by atoms with Gasteiger partial charge in [-0.3, -0.25) is 4.98 Å². The third kappa shape index (κ3) is 3.16. The number of benzene rings is 2. The largest absolute Gasteiger partial charge is 0.504 e. The summed E-state index contributed by atoms with van der Waals surface area (Å²) < 4.78 is 18.6. The van der Waals surface area contributed by atoms with Gasteiger partial charge in [-0.25, -0.2) is 19.3 Å². The highest BCUT2D eigenvalue weighted by molar-refractivity contribution is 5.87. The van der Waals surface area contributed by atoms with E-state index >= 15 is 0 Å². The zero-order chi connectivity index (χ0) is 25.1. The molecular weight excluding hydrogens is 474 g/mol. The minimum absolute atomic E-state index is 0.0320. The summed E-state index contributed by atoms with van der Waals surface area (Å²) in [6, 6.07) is 15.8. The molecule has 0 aliphatic carbocycles. The number of hydrogen-bond acceptors (Lipinski definition) is 9. The molecule has 0 radical (unpaired) electrons. The Morgan fingerprint density at radius 1 is 1.05 bits per heavy atom. The molecule has 0 fully saturated rings. The highest BCUT2D eigenvalue weighted by atomic mass is 16.5. The molecule has 37 heavy (non-hydrogen) atoms. The molecule has 10 heteroatoms. The molecule has 5 heterocycles. The molecule has 1 aliphatic heterocycles. The zero-order valence-electron chi connectivity index (χ0n) is 19.3. The van der Waals surface area contributed by atoms with Crippen molar-refractivity contribution in [2.24, 2.45) is 0 Å². The van der Waals surface area contributed by atoms with Gasteiger partial charge in [0.15, 0.2) is 28.7 Å². The van der Waals surface area contributed by atoms with Gasteiger partial charge in [-0.15, -0.1) is 5.10 Å². The van der Waals surface area contributed by atoms with E-state index in [-0.39, 0.29) is 5.75 Å². The molecule has 2 aromatic carbocycles. The Hall–Kier alpha value is -5.25. The van der Waals surface area contributed by atoms with Crippen LogP contribution in [0, 0.1) is 0 Å². The van der Waals surface area contributed by atoms with Crippen LogP contribution in [-0.2, 0) is 0 Å². The summed E-state index contributed by atoms with van der Waals surface area (Å²) in [4.78, 5) is 26.8. The van der Waals surface area contributed by atoms with Gasteiger partial charge in [-0.1, -0.05) is 12.1 Å². The number of methoxy groups -OCH3 is 1. The quantitative estimate of drug-likeness (QED) is 0.360. The molecule has 10 nitrogen and oxygen atoms in total. The first kappa shape index (κ1) is 21.1. The summed E-state index contributed by atoms with van der Waals surface area (Å²) in [5, 5.41) is 15.5. The number of phenolic OH excluding ortho intramolecular Hbond substituents is 1. The number of pyridine rings is 1. The number of phenols is 1. The summed E-state index contributed by atoms with van der Waals surface area (Å²) in [6.07, 6.45) is 4.84. The number of hydrogen-bond donors (Lipinski definition) is 1. The monoisotopic (exact) mass is 491 g/mol. The van der Waals surface area contributed by atoms with Gasteiger partial charge in [-0.2, -0.15) is 0 Å². The molecule has 4 aromatic heterocycles. The van der Waals surface area contributed by atoms with Crippen molar-refractivity contribution in [3.05, 3.63) is 100 Å². The van der Waals surface area contributed by atoms with Crippen molar-refractivity contribution in [1.29, 1.82) is 0 Å². The van der Waals surface area contributed by atoms with Crippen LogP contribution in [0.25, 0.3) is 28.0 Å². The van der Waals surface area contributed by atoms with E-state index in [2.05, 4.69) is 15.1 Å². The van der Waals surface area contributed by atoms with Crippen molar-refractivity contribution < 1.29 is 19.0 Å². The van der Waals surface area contributed by atoms with E-state index in [0.29, 0.717) is 56.5 Å². The maximum atomic E-state index is 13.4. The second-order valence-electron chi connectivity index (χ2n) is 8.50. The number of ether oxygens (including phenoxy) is 2. The number of para-hydroxylation sites is 1. The molecule has 0 amide bonds. The van der Waals surface area contributed by atoms with Crippen LogP contribution in [0.3, 0.4) is 0 Å². The zero-order valence-corrected chi connectivity index (χ0v) is 19.3. The molecule has 180 valence electrons. The lowest BCUT2D eigenvalue weighted by Crippen LogP contribution is -2.22. The Balaban J connectivity index is 1.51. The minimum atomic E-state index is -0.597. The van der Waals surface area contributed by atoms with E-state index in [0.717, 1.165) is 5.56 Å². The summed E-state index contributed by atoms with van der Waals surface area (Å²) in [5.41, 5.74) is 2.66. The summed E-state index contributed by atoms with van der Waals surface area (Å²) >= 11 is 0. The molecule has 0 spiro atoms. The third-order valence-electron chi connectivity index (χ3n) is 6.44. The molecule has 1 N–H and O–H groups in total. The van der Waals surface area contributed by atoms with E-state index in [1.807, 2.05) is 24.3 Å². The van der Waals surface area contributed by atoms with Gasteiger partial charge in [0.2, 0.25) is 5.88 Å². The van der Waals surface area contributed by atoms with Crippen LogP contribution >= 0.6 is 0 Å². The van der Waals surface area contributed by atoms with Gasteiger partial charge in [0.1, 0.15) is 11.9 Å². The number of aromatic nitrogens is 5. The molecular formula is C27H17N5O5. The first-order chi connectivity index (χ1) is 18.1. The lowest BCUT2D eigenvalue weighted by atomic mass is 9.84. The minimum Gasteiger partial charge on any atom is -0.504 e. The van der Waals surface area contributed by atoms with Crippen LogP contribution < -0.4 is 15.1 Å². The van der Waals surface area contributed by atoms with Crippen molar-refractivity contribution in [1.82, 2.24) is 24.6 Å². The lowest BCUT2D eigenvalue weighted by molar-refractivity contribution is 0.373. The van der Waals surface area contributed by atoms with E-state index in [9.17, 15) is 9.90 Å².